The fraction of sp³-hybridized carbons (Fsp3) is 0.143. The third-order valence-electron chi connectivity index (χ3n) is 3.95. The lowest BCUT2D eigenvalue weighted by Crippen LogP contribution is -2.07. The second kappa shape index (κ2) is 9.05. The van der Waals surface area contributed by atoms with E-state index in [2.05, 4.69) is 10.3 Å². The van der Waals surface area contributed by atoms with Crippen molar-refractivity contribution in [3.8, 4) is 28.5 Å². The average molecular weight is 396 g/mol. The number of methoxy groups -OCH3 is 3. The lowest BCUT2D eigenvalue weighted by atomic mass is 10.1. The van der Waals surface area contributed by atoms with Crippen LogP contribution in [-0.4, -0.2) is 32.2 Å². The lowest BCUT2D eigenvalue weighted by Gasteiger charge is -2.07. The highest BCUT2D eigenvalue weighted by atomic mass is 32.1. The maximum atomic E-state index is 12.2. The van der Waals surface area contributed by atoms with Gasteiger partial charge in [-0.05, 0) is 30.3 Å². The second-order valence-electron chi connectivity index (χ2n) is 5.70. The van der Waals surface area contributed by atoms with Crippen molar-refractivity contribution in [3.05, 3.63) is 59.5 Å². The zero-order valence-corrected chi connectivity index (χ0v) is 16.6. The van der Waals surface area contributed by atoms with Gasteiger partial charge in [-0.25, -0.2) is 4.98 Å². The summed E-state index contributed by atoms with van der Waals surface area (Å²) in [5, 5.41) is 5.19. The van der Waals surface area contributed by atoms with Gasteiger partial charge in [0.25, 0.3) is 0 Å². The van der Waals surface area contributed by atoms with E-state index in [-0.39, 0.29) is 5.91 Å². The molecule has 3 rings (SSSR count). The number of hydrogen-bond donors (Lipinski definition) is 1. The molecular formula is C21H20N2O4S. The van der Waals surface area contributed by atoms with Gasteiger partial charge in [-0.1, -0.05) is 12.1 Å². The van der Waals surface area contributed by atoms with Crippen molar-refractivity contribution >= 4 is 28.5 Å². The van der Waals surface area contributed by atoms with Gasteiger partial charge >= 0.3 is 0 Å². The van der Waals surface area contributed by atoms with Gasteiger partial charge in [-0.15, -0.1) is 11.3 Å². The highest BCUT2D eigenvalue weighted by molar-refractivity contribution is 7.14. The van der Waals surface area contributed by atoms with E-state index in [0.717, 1.165) is 22.6 Å². The highest BCUT2D eigenvalue weighted by Gasteiger charge is 2.08. The molecule has 0 saturated carbocycles. The summed E-state index contributed by atoms with van der Waals surface area (Å²) in [6, 6.07) is 13.0. The van der Waals surface area contributed by atoms with Gasteiger partial charge in [0, 0.05) is 28.6 Å². The summed E-state index contributed by atoms with van der Waals surface area (Å²) >= 11 is 1.36. The van der Waals surface area contributed by atoms with Gasteiger partial charge in [0.1, 0.15) is 17.2 Å². The molecule has 0 fully saturated rings. The fourth-order valence-electron chi connectivity index (χ4n) is 2.51. The normalized spacial score (nSPS) is 10.7. The molecule has 0 radical (unpaired) electrons. The van der Waals surface area contributed by atoms with Crippen molar-refractivity contribution in [2.45, 2.75) is 0 Å². The summed E-state index contributed by atoms with van der Waals surface area (Å²) in [7, 11) is 4.78. The summed E-state index contributed by atoms with van der Waals surface area (Å²) in [6.07, 6.45) is 3.13. The molecule has 28 heavy (non-hydrogen) atoms. The number of carbonyl (C=O) groups is 1. The van der Waals surface area contributed by atoms with E-state index >= 15 is 0 Å². The molecule has 1 aromatic heterocycles. The van der Waals surface area contributed by atoms with Crippen molar-refractivity contribution in [1.29, 1.82) is 0 Å². The van der Waals surface area contributed by atoms with Crippen LogP contribution in [-0.2, 0) is 4.79 Å². The number of benzene rings is 2. The molecule has 0 aliphatic carbocycles. The van der Waals surface area contributed by atoms with Crippen LogP contribution in [0.25, 0.3) is 17.3 Å². The molecule has 1 N–H and O–H groups in total. The number of carbonyl (C=O) groups excluding carboxylic acids is 1. The van der Waals surface area contributed by atoms with Crippen molar-refractivity contribution in [3.63, 3.8) is 0 Å². The molecule has 0 aliphatic heterocycles. The monoisotopic (exact) mass is 396 g/mol. The van der Waals surface area contributed by atoms with Crippen LogP contribution in [0, 0.1) is 0 Å². The lowest BCUT2D eigenvalue weighted by molar-refractivity contribution is -0.111. The topological polar surface area (TPSA) is 69.7 Å². The molecule has 0 aliphatic rings. The van der Waals surface area contributed by atoms with E-state index in [1.54, 1.807) is 39.5 Å². The molecular weight excluding hydrogens is 376 g/mol. The van der Waals surface area contributed by atoms with E-state index in [0.29, 0.717) is 16.6 Å². The molecule has 0 saturated heterocycles. The number of thiazole rings is 1. The molecule has 0 spiro atoms. The fourth-order valence-corrected chi connectivity index (χ4v) is 3.24. The Morgan fingerprint density at radius 3 is 2.57 bits per heavy atom. The van der Waals surface area contributed by atoms with E-state index in [1.165, 1.54) is 17.4 Å². The molecule has 6 nitrogen and oxygen atoms in total. The summed E-state index contributed by atoms with van der Waals surface area (Å²) in [5.41, 5.74) is 2.48. The average Bonchev–Trinajstić information content (AvgIpc) is 3.20. The highest BCUT2D eigenvalue weighted by Crippen LogP contribution is 2.28. The number of aromatic nitrogens is 1. The van der Waals surface area contributed by atoms with Gasteiger partial charge in [-0.3, -0.25) is 10.1 Å². The molecule has 0 atom stereocenters. The largest absolute Gasteiger partial charge is 0.497 e. The molecule has 0 bridgehead atoms. The van der Waals surface area contributed by atoms with Crippen LogP contribution in [0.1, 0.15) is 5.56 Å². The van der Waals surface area contributed by atoms with Gasteiger partial charge in [0.15, 0.2) is 5.13 Å². The van der Waals surface area contributed by atoms with Crippen molar-refractivity contribution in [1.82, 2.24) is 4.98 Å². The van der Waals surface area contributed by atoms with E-state index in [4.69, 9.17) is 14.2 Å². The van der Waals surface area contributed by atoms with Gasteiger partial charge in [0.05, 0.1) is 27.0 Å². The molecule has 1 heterocycles. The second-order valence-corrected chi connectivity index (χ2v) is 6.56. The number of hydrogen-bond acceptors (Lipinski definition) is 6. The van der Waals surface area contributed by atoms with Crippen LogP contribution in [0.4, 0.5) is 5.13 Å². The smallest absolute Gasteiger partial charge is 0.250 e. The predicted molar refractivity (Wildman–Crippen MR) is 111 cm³/mol. The van der Waals surface area contributed by atoms with Gasteiger partial charge in [0.2, 0.25) is 5.91 Å². The number of rotatable bonds is 7. The van der Waals surface area contributed by atoms with Crippen molar-refractivity contribution in [2.75, 3.05) is 26.6 Å². The minimum absolute atomic E-state index is 0.274. The zero-order valence-electron chi connectivity index (χ0n) is 15.8. The Labute approximate surface area is 167 Å². The van der Waals surface area contributed by atoms with E-state index in [9.17, 15) is 4.79 Å². The maximum absolute atomic E-state index is 12.2. The van der Waals surface area contributed by atoms with Crippen LogP contribution in [0.5, 0.6) is 17.2 Å². The standard InChI is InChI=1S/C21H20N2O4S/c1-25-16-6-4-5-15(11-16)18-13-28-21(22-18)23-20(24)10-8-14-7-9-17(26-2)12-19(14)27-3/h4-13H,1-3H3,(H,22,23,24)/b10-8+. The summed E-state index contributed by atoms with van der Waals surface area (Å²) in [4.78, 5) is 16.7. The third-order valence-corrected chi connectivity index (χ3v) is 4.71. The van der Waals surface area contributed by atoms with E-state index in [1.807, 2.05) is 35.7 Å². The van der Waals surface area contributed by atoms with Crippen LogP contribution in [0.2, 0.25) is 0 Å². The first-order valence-corrected chi connectivity index (χ1v) is 9.32. The molecule has 7 heteroatoms. The third kappa shape index (κ3) is 4.69. The minimum Gasteiger partial charge on any atom is -0.497 e. The van der Waals surface area contributed by atoms with Crippen LogP contribution < -0.4 is 19.5 Å². The van der Waals surface area contributed by atoms with Crippen LogP contribution in [0.3, 0.4) is 0 Å². The maximum Gasteiger partial charge on any atom is 0.250 e. The first kappa shape index (κ1) is 19.4. The summed E-state index contributed by atoms with van der Waals surface area (Å²) in [5.74, 6) is 1.79. The molecule has 2 aromatic carbocycles. The van der Waals surface area contributed by atoms with E-state index < -0.39 is 0 Å². The number of nitrogens with one attached hydrogen (secondary N) is 1. The first-order chi connectivity index (χ1) is 13.6. The number of nitrogens with zero attached hydrogens (tertiary/aromatic N) is 1. The first-order valence-electron chi connectivity index (χ1n) is 8.44. The Hall–Kier alpha value is -3.32. The summed E-state index contributed by atoms with van der Waals surface area (Å²) < 4.78 is 15.7. The SMILES string of the molecule is COc1cccc(-c2csc(NC(=O)/C=C/c3ccc(OC)cc3OC)n2)c1. The Kier molecular flexibility index (Phi) is 6.29. The number of anilines is 1. The molecule has 3 aromatic rings. The van der Waals surface area contributed by atoms with Gasteiger partial charge < -0.3 is 14.2 Å². The Balaban J connectivity index is 1.69. The molecule has 144 valence electrons. The molecule has 0 unspecified atom stereocenters. The van der Waals surface area contributed by atoms with Crippen molar-refractivity contribution < 1.29 is 19.0 Å². The van der Waals surface area contributed by atoms with Crippen LogP contribution >= 0.6 is 11.3 Å². The Morgan fingerprint density at radius 1 is 1.04 bits per heavy atom. The zero-order chi connectivity index (χ0) is 19.9. The summed E-state index contributed by atoms with van der Waals surface area (Å²) in [6.45, 7) is 0. The number of amides is 1. The Morgan fingerprint density at radius 2 is 1.82 bits per heavy atom. The van der Waals surface area contributed by atoms with Crippen LogP contribution in [0.15, 0.2) is 53.9 Å². The predicted octanol–water partition coefficient (Wildman–Crippen LogP) is 4.49. The molecule has 1 amide bonds. The quantitative estimate of drug-likeness (QED) is 0.596. The van der Waals surface area contributed by atoms with Crippen molar-refractivity contribution in [2.24, 2.45) is 0 Å². The minimum atomic E-state index is -0.274. The Bertz CT molecular complexity index is 998. The van der Waals surface area contributed by atoms with Gasteiger partial charge in [-0.2, -0.15) is 0 Å². The number of ether oxygens (including phenoxy) is 3.